The number of non-ortho nitro benzene ring substituents is 1. The second-order valence-electron chi connectivity index (χ2n) is 4.87. The van der Waals surface area contributed by atoms with Crippen LogP contribution in [-0.2, 0) is 6.54 Å². The molecule has 1 aromatic heterocycles. The smallest absolute Gasteiger partial charge is 0.269 e. The normalized spacial score (nSPS) is 10.9. The number of nitrogen functional groups attached to an aromatic ring is 1. The van der Waals surface area contributed by atoms with E-state index >= 15 is 0 Å². The highest BCUT2D eigenvalue weighted by Crippen LogP contribution is 2.23. The average molecular weight is 282 g/mol. The maximum absolute atomic E-state index is 10.9. The van der Waals surface area contributed by atoms with Crippen molar-refractivity contribution < 1.29 is 4.92 Å². The third kappa shape index (κ3) is 2.31. The van der Waals surface area contributed by atoms with Crippen LogP contribution in [0, 0.1) is 17.0 Å². The molecule has 0 atom stereocenters. The van der Waals surface area contributed by atoms with Crippen molar-refractivity contribution in [1.82, 2.24) is 9.55 Å². The zero-order chi connectivity index (χ0) is 15.0. The number of anilines is 1. The summed E-state index contributed by atoms with van der Waals surface area (Å²) in [7, 11) is 0. The maximum Gasteiger partial charge on any atom is 0.269 e. The molecule has 6 heteroatoms. The molecule has 0 bridgehead atoms. The minimum Gasteiger partial charge on any atom is -0.398 e. The monoisotopic (exact) mass is 282 g/mol. The molecule has 3 rings (SSSR count). The minimum absolute atomic E-state index is 0.0428. The Labute approximate surface area is 121 Å². The maximum atomic E-state index is 10.9. The lowest BCUT2D eigenvalue weighted by molar-refractivity contribution is -0.384. The minimum atomic E-state index is -0.415. The molecule has 3 aromatic rings. The van der Waals surface area contributed by atoms with Crippen LogP contribution < -0.4 is 5.73 Å². The standard InChI is InChI=1S/C15H14N4O2/c1-10-17-14-4-2-3-5-15(14)18(10)9-11-8-12(19(20)21)6-7-13(11)16/h2-8H,9,16H2,1H3. The molecule has 106 valence electrons. The Kier molecular flexibility index (Phi) is 3.06. The van der Waals surface area contributed by atoms with Gasteiger partial charge in [-0.05, 0) is 25.1 Å². The van der Waals surface area contributed by atoms with Crippen molar-refractivity contribution in [2.24, 2.45) is 0 Å². The van der Waals surface area contributed by atoms with E-state index in [4.69, 9.17) is 5.73 Å². The third-order valence-electron chi connectivity index (χ3n) is 3.51. The molecule has 0 aliphatic carbocycles. The number of fused-ring (bicyclic) bond motifs is 1. The molecule has 0 saturated carbocycles. The zero-order valence-corrected chi connectivity index (χ0v) is 11.5. The topological polar surface area (TPSA) is 87.0 Å². The number of rotatable bonds is 3. The number of nitrogens with zero attached hydrogens (tertiary/aromatic N) is 3. The molecular weight excluding hydrogens is 268 g/mol. The van der Waals surface area contributed by atoms with Gasteiger partial charge in [-0.15, -0.1) is 0 Å². The van der Waals surface area contributed by atoms with Gasteiger partial charge >= 0.3 is 0 Å². The Balaban J connectivity index is 2.08. The van der Waals surface area contributed by atoms with Gasteiger partial charge in [-0.1, -0.05) is 12.1 Å². The van der Waals surface area contributed by atoms with Crippen LogP contribution in [0.1, 0.15) is 11.4 Å². The Hall–Kier alpha value is -2.89. The fourth-order valence-corrected chi connectivity index (χ4v) is 2.41. The molecule has 2 aromatic carbocycles. The Morgan fingerprint density at radius 2 is 2.05 bits per heavy atom. The molecule has 1 heterocycles. The molecule has 0 fully saturated rings. The summed E-state index contributed by atoms with van der Waals surface area (Å²) < 4.78 is 2.00. The molecule has 0 aliphatic heterocycles. The molecule has 0 saturated heterocycles. The zero-order valence-electron chi connectivity index (χ0n) is 11.5. The average Bonchev–Trinajstić information content (AvgIpc) is 2.77. The molecule has 0 aliphatic rings. The number of para-hydroxylation sites is 2. The van der Waals surface area contributed by atoms with Crippen molar-refractivity contribution in [3.8, 4) is 0 Å². The van der Waals surface area contributed by atoms with Gasteiger partial charge in [-0.2, -0.15) is 0 Å². The van der Waals surface area contributed by atoms with Crippen LogP contribution in [0.2, 0.25) is 0 Å². The van der Waals surface area contributed by atoms with Crippen molar-refractivity contribution in [3.63, 3.8) is 0 Å². The van der Waals surface area contributed by atoms with E-state index in [9.17, 15) is 10.1 Å². The third-order valence-corrected chi connectivity index (χ3v) is 3.51. The molecular formula is C15H14N4O2. The van der Waals surface area contributed by atoms with E-state index in [2.05, 4.69) is 4.98 Å². The van der Waals surface area contributed by atoms with Gasteiger partial charge in [0.25, 0.3) is 5.69 Å². The summed E-state index contributed by atoms with van der Waals surface area (Å²) in [5, 5.41) is 10.9. The first-order chi connectivity index (χ1) is 10.1. The van der Waals surface area contributed by atoms with E-state index in [0.717, 1.165) is 22.4 Å². The highest BCUT2D eigenvalue weighted by molar-refractivity contribution is 5.76. The summed E-state index contributed by atoms with van der Waals surface area (Å²) in [5.41, 5.74) is 9.13. The van der Waals surface area contributed by atoms with Crippen molar-refractivity contribution in [3.05, 3.63) is 64.0 Å². The molecule has 0 radical (unpaired) electrons. The van der Waals surface area contributed by atoms with E-state index < -0.39 is 4.92 Å². The van der Waals surface area contributed by atoms with Gasteiger partial charge in [-0.3, -0.25) is 10.1 Å². The molecule has 0 unspecified atom stereocenters. The van der Waals surface area contributed by atoms with Crippen molar-refractivity contribution in [1.29, 1.82) is 0 Å². The predicted molar refractivity (Wildman–Crippen MR) is 81.1 cm³/mol. The molecule has 0 spiro atoms. The first-order valence-corrected chi connectivity index (χ1v) is 6.51. The van der Waals surface area contributed by atoms with Crippen LogP contribution >= 0.6 is 0 Å². The molecule has 0 amide bonds. The lowest BCUT2D eigenvalue weighted by Crippen LogP contribution is -2.05. The number of nitro benzene ring substituents is 1. The highest BCUT2D eigenvalue weighted by Gasteiger charge is 2.12. The van der Waals surface area contributed by atoms with Crippen molar-refractivity contribution >= 4 is 22.4 Å². The summed E-state index contributed by atoms with van der Waals surface area (Å²) in [4.78, 5) is 15.0. The van der Waals surface area contributed by atoms with Gasteiger partial charge in [0.2, 0.25) is 0 Å². The quantitative estimate of drug-likeness (QED) is 0.454. The van der Waals surface area contributed by atoms with E-state index in [1.165, 1.54) is 12.1 Å². The van der Waals surface area contributed by atoms with Gasteiger partial charge in [0.1, 0.15) is 5.82 Å². The van der Waals surface area contributed by atoms with Crippen LogP contribution in [0.25, 0.3) is 11.0 Å². The Morgan fingerprint density at radius 3 is 2.81 bits per heavy atom. The number of aromatic nitrogens is 2. The van der Waals surface area contributed by atoms with Gasteiger partial charge in [0.15, 0.2) is 0 Å². The fourth-order valence-electron chi connectivity index (χ4n) is 2.41. The van der Waals surface area contributed by atoms with Crippen LogP contribution in [0.5, 0.6) is 0 Å². The van der Waals surface area contributed by atoms with E-state index in [1.54, 1.807) is 6.07 Å². The van der Waals surface area contributed by atoms with Crippen molar-refractivity contribution in [2.75, 3.05) is 5.73 Å². The number of aryl methyl sites for hydroxylation is 1. The van der Waals surface area contributed by atoms with Crippen molar-refractivity contribution in [2.45, 2.75) is 13.5 Å². The second-order valence-corrected chi connectivity index (χ2v) is 4.87. The van der Waals surface area contributed by atoms with E-state index in [0.29, 0.717) is 12.2 Å². The number of imidazole rings is 1. The van der Waals surface area contributed by atoms with Crippen LogP contribution in [0.4, 0.5) is 11.4 Å². The largest absolute Gasteiger partial charge is 0.398 e. The highest BCUT2D eigenvalue weighted by atomic mass is 16.6. The van der Waals surface area contributed by atoms with Crippen LogP contribution in [-0.4, -0.2) is 14.5 Å². The van der Waals surface area contributed by atoms with Gasteiger partial charge in [0, 0.05) is 23.4 Å². The summed E-state index contributed by atoms with van der Waals surface area (Å²) in [5.74, 6) is 0.849. The predicted octanol–water partition coefficient (Wildman–Crippen LogP) is 2.88. The Bertz CT molecular complexity index is 839. The molecule has 21 heavy (non-hydrogen) atoms. The number of nitro groups is 1. The number of hydrogen-bond donors (Lipinski definition) is 1. The summed E-state index contributed by atoms with van der Waals surface area (Å²) >= 11 is 0. The second kappa shape index (κ2) is 4.90. The SMILES string of the molecule is Cc1nc2ccccc2n1Cc1cc([N+](=O)[O-])ccc1N. The number of nitrogens with two attached hydrogens (primary N) is 1. The number of benzene rings is 2. The lowest BCUT2D eigenvalue weighted by Gasteiger charge is -2.09. The Morgan fingerprint density at radius 1 is 1.29 bits per heavy atom. The first-order valence-electron chi connectivity index (χ1n) is 6.51. The van der Waals surface area contributed by atoms with Gasteiger partial charge < -0.3 is 10.3 Å². The lowest BCUT2D eigenvalue weighted by atomic mass is 10.1. The molecule has 2 N–H and O–H groups in total. The molecule has 6 nitrogen and oxygen atoms in total. The van der Waals surface area contributed by atoms with Crippen LogP contribution in [0.3, 0.4) is 0 Å². The van der Waals surface area contributed by atoms with Gasteiger partial charge in [-0.25, -0.2) is 4.98 Å². The summed E-state index contributed by atoms with van der Waals surface area (Å²) in [6.45, 7) is 2.37. The number of hydrogen-bond acceptors (Lipinski definition) is 4. The summed E-state index contributed by atoms with van der Waals surface area (Å²) in [6.07, 6.45) is 0. The first kappa shape index (κ1) is 13.1. The fraction of sp³-hybridized carbons (Fsp3) is 0.133. The summed E-state index contributed by atoms with van der Waals surface area (Å²) in [6, 6.07) is 12.3. The van der Waals surface area contributed by atoms with Crippen LogP contribution in [0.15, 0.2) is 42.5 Å². The van der Waals surface area contributed by atoms with Gasteiger partial charge in [0.05, 0.1) is 22.5 Å². The van der Waals surface area contributed by atoms with E-state index in [-0.39, 0.29) is 5.69 Å². The van der Waals surface area contributed by atoms with E-state index in [1.807, 2.05) is 35.8 Å².